The maximum atomic E-state index is 12.3. The van der Waals surface area contributed by atoms with Crippen molar-refractivity contribution in [2.75, 3.05) is 0 Å². The van der Waals surface area contributed by atoms with Gasteiger partial charge in [0.05, 0.1) is 0 Å². The van der Waals surface area contributed by atoms with Crippen molar-refractivity contribution < 1.29 is 19.4 Å². The maximum absolute atomic E-state index is 12.3. The average Bonchev–Trinajstić information content (AvgIpc) is 3.16. The van der Waals surface area contributed by atoms with Crippen LogP contribution in [0.2, 0.25) is 0 Å². The van der Waals surface area contributed by atoms with E-state index in [2.05, 4.69) is 15.3 Å². The van der Waals surface area contributed by atoms with Gasteiger partial charge in [-0.25, -0.2) is 9.78 Å². The Morgan fingerprint density at radius 2 is 2.30 bits per heavy atom. The zero-order chi connectivity index (χ0) is 16.0. The standard InChI is InChI=1S/C16H13N3O4/c20-13-11(6-8-7-18-14-10(8)2-1-5-17-14)23-15(12(13)16(21)22)19-9-3-4-9/h1-2,5-7,9,19H,3-4H2,(H,17,18)(H,21,22)/b11-6-. The van der Waals surface area contributed by atoms with Crippen molar-refractivity contribution in [3.05, 3.63) is 47.3 Å². The molecule has 4 rings (SSSR count). The molecule has 0 radical (unpaired) electrons. The number of aliphatic carboxylic acids is 1. The first-order valence-electron chi connectivity index (χ1n) is 7.24. The van der Waals surface area contributed by atoms with Gasteiger partial charge in [-0.3, -0.25) is 4.79 Å². The average molecular weight is 311 g/mol. The first-order valence-corrected chi connectivity index (χ1v) is 7.24. The normalized spacial score (nSPS) is 19.5. The second-order valence-electron chi connectivity index (χ2n) is 5.51. The monoisotopic (exact) mass is 311 g/mol. The molecule has 7 nitrogen and oxygen atoms in total. The number of nitrogens with one attached hydrogen (secondary N) is 2. The van der Waals surface area contributed by atoms with Crippen LogP contribution in [0.5, 0.6) is 0 Å². The third kappa shape index (κ3) is 2.36. The number of hydrogen-bond donors (Lipinski definition) is 3. The van der Waals surface area contributed by atoms with E-state index in [-0.39, 0.29) is 23.3 Å². The van der Waals surface area contributed by atoms with E-state index in [0.29, 0.717) is 11.2 Å². The zero-order valence-corrected chi connectivity index (χ0v) is 12.0. The first-order chi connectivity index (χ1) is 11.1. The van der Waals surface area contributed by atoms with Crippen molar-refractivity contribution in [2.24, 2.45) is 0 Å². The second kappa shape index (κ2) is 4.98. The summed E-state index contributed by atoms with van der Waals surface area (Å²) < 4.78 is 5.49. The van der Waals surface area contributed by atoms with Gasteiger partial charge in [-0.15, -0.1) is 0 Å². The summed E-state index contributed by atoms with van der Waals surface area (Å²) in [5.74, 6) is -1.88. The second-order valence-corrected chi connectivity index (χ2v) is 5.51. The number of carboxylic acids is 1. The van der Waals surface area contributed by atoms with E-state index in [1.54, 1.807) is 18.5 Å². The molecule has 0 amide bonds. The van der Waals surface area contributed by atoms with Crippen LogP contribution in [0, 0.1) is 0 Å². The number of ketones is 1. The molecule has 2 aromatic rings. The maximum Gasteiger partial charge on any atom is 0.345 e. The molecule has 3 N–H and O–H groups in total. The van der Waals surface area contributed by atoms with Crippen molar-refractivity contribution in [1.82, 2.24) is 15.3 Å². The summed E-state index contributed by atoms with van der Waals surface area (Å²) >= 11 is 0. The van der Waals surface area contributed by atoms with E-state index in [9.17, 15) is 14.7 Å². The van der Waals surface area contributed by atoms with Crippen LogP contribution < -0.4 is 5.32 Å². The Morgan fingerprint density at radius 3 is 3.04 bits per heavy atom. The molecule has 0 bridgehead atoms. The Labute approximate surface area is 130 Å². The number of H-pyrrole nitrogens is 1. The van der Waals surface area contributed by atoms with E-state index in [0.717, 1.165) is 18.2 Å². The van der Waals surface area contributed by atoms with Crippen LogP contribution >= 0.6 is 0 Å². The van der Waals surface area contributed by atoms with Crippen LogP contribution in [-0.4, -0.2) is 32.9 Å². The van der Waals surface area contributed by atoms with Crippen LogP contribution in [0.4, 0.5) is 0 Å². The Hall–Kier alpha value is -3.09. The van der Waals surface area contributed by atoms with E-state index in [4.69, 9.17) is 4.74 Å². The highest BCUT2D eigenvalue weighted by atomic mass is 16.5. The van der Waals surface area contributed by atoms with Gasteiger partial charge >= 0.3 is 5.97 Å². The molecule has 0 atom stereocenters. The molecule has 116 valence electrons. The molecule has 0 unspecified atom stereocenters. The number of hydrogen-bond acceptors (Lipinski definition) is 5. The van der Waals surface area contributed by atoms with Gasteiger partial charge in [0, 0.05) is 29.4 Å². The van der Waals surface area contributed by atoms with Crippen molar-refractivity contribution in [1.29, 1.82) is 0 Å². The molecule has 0 aromatic carbocycles. The minimum Gasteiger partial charge on any atom is -0.477 e. The molecule has 2 aromatic heterocycles. The molecule has 1 saturated carbocycles. The quantitative estimate of drug-likeness (QED) is 0.584. The van der Waals surface area contributed by atoms with E-state index < -0.39 is 11.8 Å². The number of allylic oxidation sites excluding steroid dienone is 1. The Balaban J connectivity index is 1.70. The number of pyridine rings is 1. The predicted octanol–water partition coefficient (Wildman–Crippen LogP) is 1.55. The molecule has 2 aliphatic rings. The number of aromatic amines is 1. The predicted molar refractivity (Wildman–Crippen MR) is 81.0 cm³/mol. The topological polar surface area (TPSA) is 104 Å². The van der Waals surface area contributed by atoms with Gasteiger partial charge in [0.15, 0.2) is 11.3 Å². The van der Waals surface area contributed by atoms with Gasteiger partial charge in [0.1, 0.15) is 5.65 Å². The van der Waals surface area contributed by atoms with Crippen molar-refractivity contribution in [3.8, 4) is 0 Å². The van der Waals surface area contributed by atoms with Gasteiger partial charge in [-0.1, -0.05) is 0 Å². The fourth-order valence-electron chi connectivity index (χ4n) is 2.48. The highest BCUT2D eigenvalue weighted by molar-refractivity contribution is 6.26. The van der Waals surface area contributed by atoms with Crippen LogP contribution in [0.1, 0.15) is 18.4 Å². The number of Topliss-reactive ketones (excluding diaryl/α,β-unsaturated/α-hetero) is 1. The number of fused-ring (bicyclic) bond motifs is 1. The lowest BCUT2D eigenvalue weighted by molar-refractivity contribution is -0.134. The van der Waals surface area contributed by atoms with E-state index in [1.807, 2.05) is 6.07 Å². The fraction of sp³-hybridized carbons (Fsp3) is 0.188. The lowest BCUT2D eigenvalue weighted by atomic mass is 10.1. The third-order valence-corrected chi connectivity index (χ3v) is 3.79. The largest absolute Gasteiger partial charge is 0.477 e. The van der Waals surface area contributed by atoms with Crippen molar-refractivity contribution >= 4 is 28.9 Å². The molecule has 7 heteroatoms. The summed E-state index contributed by atoms with van der Waals surface area (Å²) in [6.07, 6.45) is 6.79. The first kappa shape index (κ1) is 13.6. The Bertz CT molecular complexity index is 890. The molecule has 1 fully saturated rings. The highest BCUT2D eigenvalue weighted by Crippen LogP contribution is 2.30. The van der Waals surface area contributed by atoms with Gasteiger partial charge in [0.25, 0.3) is 0 Å². The molecular weight excluding hydrogens is 298 g/mol. The number of nitrogens with zero attached hydrogens (tertiary/aromatic N) is 1. The van der Waals surface area contributed by atoms with E-state index >= 15 is 0 Å². The van der Waals surface area contributed by atoms with Gasteiger partial charge < -0.3 is 20.1 Å². The molecule has 23 heavy (non-hydrogen) atoms. The van der Waals surface area contributed by atoms with Crippen LogP contribution in [0.15, 0.2) is 41.7 Å². The molecule has 0 saturated heterocycles. The van der Waals surface area contributed by atoms with Crippen LogP contribution in [-0.2, 0) is 14.3 Å². The van der Waals surface area contributed by atoms with Crippen molar-refractivity contribution in [2.45, 2.75) is 18.9 Å². The smallest absolute Gasteiger partial charge is 0.345 e. The van der Waals surface area contributed by atoms with Gasteiger partial charge in [0.2, 0.25) is 11.7 Å². The third-order valence-electron chi connectivity index (χ3n) is 3.79. The van der Waals surface area contributed by atoms with Crippen LogP contribution in [0.25, 0.3) is 17.1 Å². The minimum absolute atomic E-state index is 0.00435. The lowest BCUT2D eigenvalue weighted by Gasteiger charge is -2.05. The van der Waals surface area contributed by atoms with Gasteiger partial charge in [-0.2, -0.15) is 0 Å². The summed E-state index contributed by atoms with van der Waals surface area (Å²) in [5, 5.41) is 13.0. The Kier molecular flexibility index (Phi) is 2.94. The summed E-state index contributed by atoms with van der Waals surface area (Å²) in [7, 11) is 0. The molecule has 1 aliphatic heterocycles. The SMILES string of the molecule is O=C(O)C1=C(NC2CC2)O/C(=C\c2c[nH]c3ncccc23)C1=O. The van der Waals surface area contributed by atoms with Gasteiger partial charge in [-0.05, 0) is 31.1 Å². The summed E-state index contributed by atoms with van der Waals surface area (Å²) in [5.41, 5.74) is 1.06. The number of ether oxygens (including phenoxy) is 1. The minimum atomic E-state index is -1.29. The molecular formula is C16H13N3O4. The molecule has 0 spiro atoms. The lowest BCUT2D eigenvalue weighted by Crippen LogP contribution is -2.19. The van der Waals surface area contributed by atoms with E-state index in [1.165, 1.54) is 6.08 Å². The van der Waals surface area contributed by atoms with Crippen LogP contribution in [0.3, 0.4) is 0 Å². The molecule has 1 aliphatic carbocycles. The summed E-state index contributed by atoms with van der Waals surface area (Å²) in [6.45, 7) is 0. The molecule has 3 heterocycles. The number of aromatic nitrogens is 2. The summed E-state index contributed by atoms with van der Waals surface area (Å²) in [6, 6.07) is 3.83. The number of rotatable bonds is 4. The zero-order valence-electron chi connectivity index (χ0n) is 12.0. The fourth-order valence-corrected chi connectivity index (χ4v) is 2.48. The number of carbonyl (C=O) groups is 2. The number of carboxylic acid groups (broad SMARTS) is 1. The Morgan fingerprint density at radius 1 is 1.48 bits per heavy atom. The highest BCUT2D eigenvalue weighted by Gasteiger charge is 2.38. The number of carbonyl (C=O) groups excluding carboxylic acids is 1. The van der Waals surface area contributed by atoms with Crippen molar-refractivity contribution in [3.63, 3.8) is 0 Å². The summed E-state index contributed by atoms with van der Waals surface area (Å²) in [4.78, 5) is 30.8.